The van der Waals surface area contributed by atoms with Crippen LogP contribution >= 0.6 is 22.7 Å². The fourth-order valence-electron chi connectivity index (χ4n) is 3.72. The molecule has 8 heteroatoms. The molecule has 0 bridgehead atoms. The molecule has 166 valence electrons. The molecule has 0 saturated carbocycles. The van der Waals surface area contributed by atoms with E-state index in [2.05, 4.69) is 0 Å². The van der Waals surface area contributed by atoms with Gasteiger partial charge in [-0.15, -0.1) is 11.3 Å². The van der Waals surface area contributed by atoms with Gasteiger partial charge in [-0.1, -0.05) is 12.1 Å². The van der Waals surface area contributed by atoms with E-state index in [9.17, 15) is 14.4 Å². The quantitative estimate of drug-likeness (QED) is 0.522. The van der Waals surface area contributed by atoms with Gasteiger partial charge < -0.3 is 9.64 Å². The molecule has 0 N–H and O–H groups in total. The Labute approximate surface area is 193 Å². The van der Waals surface area contributed by atoms with Gasteiger partial charge in [-0.05, 0) is 59.9 Å². The number of carbonyl (C=O) groups excluding carboxylic acids is 2. The second-order valence-corrected chi connectivity index (χ2v) is 9.39. The van der Waals surface area contributed by atoms with Gasteiger partial charge >= 0.3 is 0 Å². The number of para-hydroxylation sites is 1. The molecule has 0 unspecified atom stereocenters. The number of likely N-dealkylation sites (tertiary alicyclic amines) is 1. The van der Waals surface area contributed by atoms with Crippen molar-refractivity contribution in [2.45, 2.75) is 25.8 Å². The average Bonchev–Trinajstić information content (AvgIpc) is 3.43. The molecular weight excluding hydrogens is 444 g/mol. The zero-order chi connectivity index (χ0) is 22.5. The molecule has 1 aliphatic rings. The highest BCUT2D eigenvalue weighted by Crippen LogP contribution is 2.18. The van der Waals surface area contributed by atoms with Crippen molar-refractivity contribution in [3.63, 3.8) is 0 Å². The number of piperidine rings is 1. The Morgan fingerprint density at radius 1 is 1.12 bits per heavy atom. The Morgan fingerprint density at radius 2 is 1.91 bits per heavy atom. The Bertz CT molecular complexity index is 1280. The van der Waals surface area contributed by atoms with Gasteiger partial charge in [0.2, 0.25) is 5.91 Å². The number of aromatic nitrogens is 1. The van der Waals surface area contributed by atoms with Gasteiger partial charge in [0, 0.05) is 19.2 Å². The summed E-state index contributed by atoms with van der Waals surface area (Å²) in [4.78, 5) is 40.9. The monoisotopic (exact) mass is 468 g/mol. The van der Waals surface area contributed by atoms with Gasteiger partial charge in [-0.2, -0.15) is 11.3 Å². The third-order valence-corrected chi connectivity index (χ3v) is 7.17. The first-order chi connectivity index (χ1) is 15.6. The first-order valence-corrected chi connectivity index (χ1v) is 12.2. The normalized spacial score (nSPS) is 15.2. The Balaban J connectivity index is 1.77. The molecule has 1 saturated heterocycles. The predicted molar refractivity (Wildman–Crippen MR) is 128 cm³/mol. The fourth-order valence-corrected chi connectivity index (χ4v) is 5.38. The number of hydrogen-bond donors (Lipinski definition) is 0. The minimum Gasteiger partial charge on any atom is -0.496 e. The lowest BCUT2D eigenvalue weighted by molar-refractivity contribution is -0.132. The van der Waals surface area contributed by atoms with Crippen molar-refractivity contribution in [3.8, 4) is 5.75 Å². The Kier molecular flexibility index (Phi) is 7.02. The number of thiazole rings is 1. The van der Waals surface area contributed by atoms with Crippen molar-refractivity contribution in [1.82, 2.24) is 9.47 Å². The summed E-state index contributed by atoms with van der Waals surface area (Å²) in [5, 5.41) is 3.89. The molecule has 32 heavy (non-hydrogen) atoms. The van der Waals surface area contributed by atoms with Crippen molar-refractivity contribution in [1.29, 1.82) is 0 Å². The number of benzene rings is 1. The molecule has 0 atom stereocenters. The highest BCUT2D eigenvalue weighted by atomic mass is 32.1. The number of rotatable bonds is 6. The molecule has 3 heterocycles. The molecule has 4 rings (SSSR count). The molecule has 2 aromatic heterocycles. The summed E-state index contributed by atoms with van der Waals surface area (Å²) < 4.78 is 7.68. The van der Waals surface area contributed by atoms with Crippen LogP contribution < -0.4 is 19.5 Å². The number of nitrogens with zero attached hydrogens (tertiary/aromatic N) is 2. The summed E-state index contributed by atoms with van der Waals surface area (Å²) in [5.41, 5.74) is 1.07. The van der Waals surface area contributed by atoms with Crippen LogP contribution in [0.25, 0.3) is 12.2 Å². The van der Waals surface area contributed by atoms with Gasteiger partial charge in [0.05, 0.1) is 17.2 Å². The summed E-state index contributed by atoms with van der Waals surface area (Å²) in [7, 11) is 1.51. The number of hydrogen-bond acceptors (Lipinski definition) is 6. The van der Waals surface area contributed by atoms with E-state index in [4.69, 9.17) is 4.74 Å². The number of Topliss-reactive ketones (excluding diaryl/α,β-unsaturated/α-hetero) is 1. The molecule has 1 fully saturated rings. The van der Waals surface area contributed by atoms with Crippen molar-refractivity contribution in [2.75, 3.05) is 20.2 Å². The van der Waals surface area contributed by atoms with Crippen LogP contribution in [0, 0.1) is 0 Å². The molecule has 0 spiro atoms. The van der Waals surface area contributed by atoms with E-state index in [1.54, 1.807) is 41.7 Å². The van der Waals surface area contributed by atoms with E-state index in [0.29, 0.717) is 33.6 Å². The number of amides is 1. The van der Waals surface area contributed by atoms with Crippen molar-refractivity contribution in [2.24, 2.45) is 0 Å². The minimum absolute atomic E-state index is 0.0716. The SMILES string of the molecule is COc1ccccc1C(=O)/C=c1/s/c(=C/c2ccsc2)c(=O)n1CC(=O)N1CCCCC1. The molecule has 3 aromatic rings. The summed E-state index contributed by atoms with van der Waals surface area (Å²) >= 11 is 2.77. The van der Waals surface area contributed by atoms with Gasteiger partial charge in [0.15, 0.2) is 5.78 Å². The maximum absolute atomic E-state index is 13.2. The van der Waals surface area contributed by atoms with Crippen molar-refractivity contribution in [3.05, 3.63) is 71.8 Å². The number of ketones is 1. The maximum atomic E-state index is 13.2. The summed E-state index contributed by atoms with van der Waals surface area (Å²) in [6, 6.07) is 8.89. The van der Waals surface area contributed by atoms with Gasteiger partial charge in [0.1, 0.15) is 17.0 Å². The van der Waals surface area contributed by atoms with Crippen LogP contribution in [-0.2, 0) is 11.3 Å². The molecule has 1 amide bonds. The highest BCUT2D eigenvalue weighted by Gasteiger charge is 2.19. The molecule has 1 aromatic carbocycles. The third kappa shape index (κ3) is 4.92. The van der Waals surface area contributed by atoms with E-state index in [0.717, 1.165) is 24.8 Å². The lowest BCUT2D eigenvalue weighted by atomic mass is 10.1. The van der Waals surface area contributed by atoms with Crippen LogP contribution in [0.3, 0.4) is 0 Å². The molecule has 0 radical (unpaired) electrons. The first kappa shape index (κ1) is 22.2. The van der Waals surface area contributed by atoms with E-state index < -0.39 is 0 Å². The van der Waals surface area contributed by atoms with Crippen LogP contribution in [0.4, 0.5) is 0 Å². The van der Waals surface area contributed by atoms with E-state index in [1.165, 1.54) is 29.1 Å². The van der Waals surface area contributed by atoms with E-state index in [1.807, 2.05) is 21.7 Å². The second kappa shape index (κ2) is 10.1. The molecule has 0 aliphatic carbocycles. The predicted octanol–water partition coefficient (Wildman–Crippen LogP) is 2.48. The van der Waals surface area contributed by atoms with Crippen LogP contribution in [-0.4, -0.2) is 41.4 Å². The standard InChI is InChI=1S/C24H24N2O4S2/c1-30-20-8-4-3-7-18(20)19(27)14-23-26(15-22(28)25-10-5-2-6-11-25)24(29)21(32-23)13-17-9-12-31-16-17/h3-4,7-9,12-14,16H,2,5-6,10-11,15H2,1H3/b21-13+,23-14+. The largest absolute Gasteiger partial charge is 0.496 e. The lowest BCUT2D eigenvalue weighted by Gasteiger charge is -2.26. The maximum Gasteiger partial charge on any atom is 0.269 e. The van der Waals surface area contributed by atoms with Crippen LogP contribution in [0.5, 0.6) is 5.75 Å². The number of methoxy groups -OCH3 is 1. The number of carbonyl (C=O) groups is 2. The Hall–Kier alpha value is -2.97. The van der Waals surface area contributed by atoms with E-state index in [-0.39, 0.29) is 23.8 Å². The fraction of sp³-hybridized carbons (Fsp3) is 0.292. The molecule has 6 nitrogen and oxygen atoms in total. The minimum atomic E-state index is -0.273. The summed E-state index contributed by atoms with van der Waals surface area (Å²) in [5.74, 6) is 0.102. The Morgan fingerprint density at radius 3 is 2.62 bits per heavy atom. The van der Waals surface area contributed by atoms with Crippen molar-refractivity contribution < 1.29 is 14.3 Å². The van der Waals surface area contributed by atoms with E-state index >= 15 is 0 Å². The van der Waals surface area contributed by atoms with Crippen LogP contribution in [0.15, 0.2) is 45.9 Å². The zero-order valence-corrected chi connectivity index (χ0v) is 19.4. The summed E-state index contributed by atoms with van der Waals surface area (Å²) in [6.45, 7) is 1.35. The smallest absolute Gasteiger partial charge is 0.269 e. The zero-order valence-electron chi connectivity index (χ0n) is 17.8. The summed E-state index contributed by atoms with van der Waals surface area (Å²) in [6.07, 6.45) is 6.31. The number of ether oxygens (including phenoxy) is 1. The van der Waals surface area contributed by atoms with Crippen LogP contribution in [0.1, 0.15) is 35.2 Å². The topological polar surface area (TPSA) is 68.6 Å². The van der Waals surface area contributed by atoms with Gasteiger partial charge in [-0.3, -0.25) is 19.0 Å². The molecule has 1 aliphatic heterocycles. The average molecular weight is 469 g/mol. The first-order valence-electron chi connectivity index (χ1n) is 10.5. The van der Waals surface area contributed by atoms with Crippen molar-refractivity contribution >= 4 is 46.5 Å². The van der Waals surface area contributed by atoms with Gasteiger partial charge in [0.25, 0.3) is 5.56 Å². The highest BCUT2D eigenvalue weighted by molar-refractivity contribution is 7.08. The lowest BCUT2D eigenvalue weighted by Crippen LogP contribution is -2.42. The van der Waals surface area contributed by atoms with Gasteiger partial charge in [-0.25, -0.2) is 0 Å². The molecular formula is C24H24N2O4S2. The third-order valence-electron chi connectivity index (χ3n) is 5.41. The van der Waals surface area contributed by atoms with Crippen LogP contribution in [0.2, 0.25) is 0 Å². The second-order valence-electron chi connectivity index (χ2n) is 7.55. The number of thiophene rings is 1.